The van der Waals surface area contributed by atoms with Gasteiger partial charge >= 0.3 is 6.18 Å². The normalized spacial score (nSPS) is 11.3. The van der Waals surface area contributed by atoms with Crippen LogP contribution < -0.4 is 0 Å². The van der Waals surface area contributed by atoms with E-state index in [0.717, 1.165) is 0 Å². The van der Waals surface area contributed by atoms with Crippen LogP contribution in [0.1, 0.15) is 16.1 Å². The molecule has 1 aromatic rings. The van der Waals surface area contributed by atoms with Crippen molar-refractivity contribution < 1.29 is 23.1 Å². The van der Waals surface area contributed by atoms with E-state index in [1.54, 1.807) is 0 Å². The van der Waals surface area contributed by atoms with Gasteiger partial charge in [0.2, 0.25) is 0 Å². The highest BCUT2D eigenvalue weighted by Crippen LogP contribution is 2.29. The van der Waals surface area contributed by atoms with Crippen molar-refractivity contribution >= 4 is 6.29 Å². The summed E-state index contributed by atoms with van der Waals surface area (Å²) in [5.74, 6) is -0.567. The third-order valence-electron chi connectivity index (χ3n) is 1.33. The standard InChI is InChI=1S/C7H4F3NO2/c8-7(9,10)6-1-4(3-12)5(13)2-11-6/h1-3,13H. The number of carbonyl (C=O) groups is 1. The SMILES string of the molecule is O=Cc1cc(C(F)(F)F)ncc1O. The molecule has 1 heterocycles. The molecule has 0 atom stereocenters. The van der Waals surface area contributed by atoms with E-state index in [2.05, 4.69) is 4.98 Å². The second kappa shape index (κ2) is 3.04. The van der Waals surface area contributed by atoms with Gasteiger partial charge in [-0.05, 0) is 6.07 Å². The van der Waals surface area contributed by atoms with Gasteiger partial charge in [-0.15, -0.1) is 0 Å². The largest absolute Gasteiger partial charge is 0.506 e. The number of hydrogen-bond donors (Lipinski definition) is 1. The van der Waals surface area contributed by atoms with E-state index in [0.29, 0.717) is 12.3 Å². The molecule has 6 heteroatoms. The van der Waals surface area contributed by atoms with Gasteiger partial charge in [0.25, 0.3) is 0 Å². The molecular weight excluding hydrogens is 187 g/mol. The molecular formula is C7H4F3NO2. The van der Waals surface area contributed by atoms with Crippen molar-refractivity contribution in [3.8, 4) is 5.75 Å². The first kappa shape index (κ1) is 9.50. The zero-order valence-corrected chi connectivity index (χ0v) is 6.17. The number of nitrogens with zero attached hydrogens (tertiary/aromatic N) is 1. The number of alkyl halides is 3. The summed E-state index contributed by atoms with van der Waals surface area (Å²) in [7, 11) is 0. The molecule has 0 fully saturated rings. The number of aromatic hydroxyl groups is 1. The zero-order valence-electron chi connectivity index (χ0n) is 6.17. The molecule has 0 aromatic carbocycles. The Morgan fingerprint density at radius 3 is 2.54 bits per heavy atom. The first-order chi connectivity index (χ1) is 5.95. The first-order valence-corrected chi connectivity index (χ1v) is 3.16. The van der Waals surface area contributed by atoms with Crippen molar-refractivity contribution in [2.45, 2.75) is 6.18 Å². The minimum Gasteiger partial charge on any atom is -0.506 e. The maximum absolute atomic E-state index is 12.0. The lowest BCUT2D eigenvalue weighted by Crippen LogP contribution is -2.08. The van der Waals surface area contributed by atoms with Crippen LogP contribution in [0.15, 0.2) is 12.3 Å². The predicted octanol–water partition coefficient (Wildman–Crippen LogP) is 1.62. The monoisotopic (exact) mass is 191 g/mol. The van der Waals surface area contributed by atoms with E-state index in [1.165, 1.54) is 0 Å². The average Bonchev–Trinajstić information content (AvgIpc) is 2.03. The Bertz CT molecular complexity index is 335. The number of hydrogen-bond acceptors (Lipinski definition) is 3. The van der Waals surface area contributed by atoms with Gasteiger partial charge < -0.3 is 5.11 Å². The molecule has 0 aliphatic heterocycles. The van der Waals surface area contributed by atoms with E-state index in [9.17, 15) is 18.0 Å². The number of halogens is 3. The van der Waals surface area contributed by atoms with Crippen molar-refractivity contribution in [2.75, 3.05) is 0 Å². The lowest BCUT2D eigenvalue weighted by atomic mass is 10.2. The van der Waals surface area contributed by atoms with Crippen LogP contribution >= 0.6 is 0 Å². The number of aromatic nitrogens is 1. The Balaban J connectivity index is 3.21. The third-order valence-corrected chi connectivity index (χ3v) is 1.33. The summed E-state index contributed by atoms with van der Waals surface area (Å²) in [6, 6.07) is 0.488. The highest BCUT2D eigenvalue weighted by molar-refractivity contribution is 5.78. The summed E-state index contributed by atoms with van der Waals surface area (Å²) >= 11 is 0. The minimum atomic E-state index is -4.61. The summed E-state index contributed by atoms with van der Waals surface area (Å²) in [6.45, 7) is 0. The van der Waals surface area contributed by atoms with E-state index >= 15 is 0 Å². The van der Waals surface area contributed by atoms with Crippen LogP contribution in [-0.4, -0.2) is 16.4 Å². The first-order valence-electron chi connectivity index (χ1n) is 3.16. The van der Waals surface area contributed by atoms with Crippen LogP contribution in [0, 0.1) is 0 Å². The van der Waals surface area contributed by atoms with Crippen molar-refractivity contribution in [3.63, 3.8) is 0 Å². The molecule has 0 radical (unpaired) electrons. The molecule has 0 amide bonds. The van der Waals surface area contributed by atoms with Gasteiger partial charge in [0, 0.05) is 0 Å². The van der Waals surface area contributed by atoms with E-state index in [-0.39, 0.29) is 6.29 Å². The quantitative estimate of drug-likeness (QED) is 0.686. The van der Waals surface area contributed by atoms with Gasteiger partial charge in [-0.2, -0.15) is 13.2 Å². The predicted molar refractivity (Wildman–Crippen MR) is 36.3 cm³/mol. The van der Waals surface area contributed by atoms with Crippen molar-refractivity contribution in [1.29, 1.82) is 0 Å². The lowest BCUT2D eigenvalue weighted by molar-refractivity contribution is -0.141. The van der Waals surface area contributed by atoms with Crippen LogP contribution in [-0.2, 0) is 6.18 Å². The maximum atomic E-state index is 12.0. The van der Waals surface area contributed by atoms with Gasteiger partial charge in [-0.25, -0.2) is 4.98 Å². The number of rotatable bonds is 1. The molecule has 0 bridgehead atoms. The zero-order chi connectivity index (χ0) is 10.1. The molecule has 3 nitrogen and oxygen atoms in total. The van der Waals surface area contributed by atoms with Crippen LogP contribution in [0.3, 0.4) is 0 Å². The molecule has 70 valence electrons. The van der Waals surface area contributed by atoms with Crippen LogP contribution in [0.2, 0.25) is 0 Å². The average molecular weight is 191 g/mol. The Kier molecular flexibility index (Phi) is 2.22. The molecule has 1 N–H and O–H groups in total. The fourth-order valence-electron chi connectivity index (χ4n) is 0.713. The minimum absolute atomic E-state index is 0.131. The lowest BCUT2D eigenvalue weighted by Gasteiger charge is -2.05. The number of aldehydes is 1. The smallest absolute Gasteiger partial charge is 0.433 e. The Hall–Kier alpha value is -1.59. The summed E-state index contributed by atoms with van der Waals surface area (Å²) in [5, 5.41) is 8.84. The molecule has 0 saturated heterocycles. The molecule has 0 saturated carbocycles. The summed E-state index contributed by atoms with van der Waals surface area (Å²) < 4.78 is 35.9. The number of pyridine rings is 1. The Morgan fingerprint density at radius 1 is 1.46 bits per heavy atom. The summed E-state index contributed by atoms with van der Waals surface area (Å²) in [5.41, 5.74) is -1.63. The fraction of sp³-hybridized carbons (Fsp3) is 0.143. The van der Waals surface area contributed by atoms with Gasteiger partial charge in [0.1, 0.15) is 11.4 Å². The van der Waals surface area contributed by atoms with Crippen LogP contribution in [0.4, 0.5) is 13.2 Å². The summed E-state index contributed by atoms with van der Waals surface area (Å²) in [6.07, 6.45) is -3.88. The van der Waals surface area contributed by atoms with Crippen LogP contribution in [0.5, 0.6) is 5.75 Å². The Labute approximate surface area is 70.8 Å². The molecule has 1 aromatic heterocycles. The second-order valence-corrected chi connectivity index (χ2v) is 2.24. The second-order valence-electron chi connectivity index (χ2n) is 2.24. The third kappa shape index (κ3) is 1.95. The highest BCUT2D eigenvalue weighted by atomic mass is 19.4. The molecule has 0 aliphatic carbocycles. The maximum Gasteiger partial charge on any atom is 0.433 e. The van der Waals surface area contributed by atoms with Crippen molar-refractivity contribution in [3.05, 3.63) is 23.5 Å². The van der Waals surface area contributed by atoms with Crippen molar-refractivity contribution in [1.82, 2.24) is 4.98 Å². The fourth-order valence-corrected chi connectivity index (χ4v) is 0.713. The van der Waals surface area contributed by atoms with Gasteiger partial charge in [0.15, 0.2) is 6.29 Å². The molecule has 0 aliphatic rings. The molecule has 13 heavy (non-hydrogen) atoms. The molecule has 1 rings (SSSR count). The van der Waals surface area contributed by atoms with Crippen molar-refractivity contribution in [2.24, 2.45) is 0 Å². The molecule has 0 unspecified atom stereocenters. The van der Waals surface area contributed by atoms with E-state index < -0.39 is 23.2 Å². The van der Waals surface area contributed by atoms with Gasteiger partial charge in [0.05, 0.1) is 11.8 Å². The van der Waals surface area contributed by atoms with E-state index in [1.807, 2.05) is 0 Å². The highest BCUT2D eigenvalue weighted by Gasteiger charge is 2.32. The summed E-state index contributed by atoms with van der Waals surface area (Å²) in [4.78, 5) is 13.1. The van der Waals surface area contributed by atoms with Crippen LogP contribution in [0.25, 0.3) is 0 Å². The number of carbonyl (C=O) groups excluding carboxylic acids is 1. The van der Waals surface area contributed by atoms with Gasteiger partial charge in [-0.3, -0.25) is 4.79 Å². The van der Waals surface area contributed by atoms with E-state index in [4.69, 9.17) is 5.11 Å². The molecule has 0 spiro atoms. The topological polar surface area (TPSA) is 50.2 Å². The van der Waals surface area contributed by atoms with Gasteiger partial charge in [-0.1, -0.05) is 0 Å². The Morgan fingerprint density at radius 2 is 2.08 bits per heavy atom.